The molecule has 0 aromatic heterocycles. The van der Waals surface area contributed by atoms with E-state index in [0.29, 0.717) is 0 Å². The summed E-state index contributed by atoms with van der Waals surface area (Å²) in [4.78, 5) is 53.4. The number of nitrogens with zero attached hydrogens (tertiary/aromatic N) is 1. The zero-order chi connectivity index (χ0) is 24.9. The molecule has 2 aliphatic rings. The Bertz CT molecular complexity index is 1170. The fourth-order valence-electron chi connectivity index (χ4n) is 3.85. The van der Waals surface area contributed by atoms with Gasteiger partial charge in [0, 0.05) is 6.20 Å². The van der Waals surface area contributed by atoms with Crippen LogP contribution in [0.25, 0.3) is 6.08 Å². The molecule has 2 heterocycles. The third kappa shape index (κ3) is 4.03. The molecule has 0 spiro atoms. The lowest BCUT2D eigenvalue weighted by Crippen LogP contribution is -2.53. The van der Waals surface area contributed by atoms with Gasteiger partial charge in [0.15, 0.2) is 0 Å². The topological polar surface area (TPSA) is 108 Å². The summed E-state index contributed by atoms with van der Waals surface area (Å²) in [6.07, 6.45) is 9.66. The van der Waals surface area contributed by atoms with E-state index >= 15 is 0 Å². The van der Waals surface area contributed by atoms with Gasteiger partial charge in [0.2, 0.25) is 0 Å². The first-order chi connectivity index (χ1) is 16.4. The third-order valence-electron chi connectivity index (χ3n) is 5.35. The maximum atomic E-state index is 13.2. The summed E-state index contributed by atoms with van der Waals surface area (Å²) in [6.45, 7) is 0. The molecule has 0 saturated carbocycles. The molecule has 1 aromatic carbocycles. The monoisotopic (exact) mass is 465 g/mol. The predicted octanol–water partition coefficient (Wildman–Crippen LogP) is 2.08. The fraction of sp³-hybridized carbons (Fsp3) is 0.200. The van der Waals surface area contributed by atoms with Crippen LogP contribution in [-0.2, 0) is 38.1 Å². The van der Waals surface area contributed by atoms with Crippen LogP contribution < -0.4 is 0 Å². The smallest absolute Gasteiger partial charge is 0.355 e. The lowest BCUT2D eigenvalue weighted by Gasteiger charge is -2.45. The normalized spacial score (nSPS) is 19.1. The molecule has 9 heteroatoms. The van der Waals surface area contributed by atoms with Crippen molar-refractivity contribution in [3.63, 3.8) is 0 Å². The highest BCUT2D eigenvalue weighted by atomic mass is 16.5. The number of hydrogen-bond acceptors (Lipinski definition) is 9. The standard InChI is InChI=1S/C25H23NO8/c1-31-21(27)17-18(22(28)32-2)20(24(30)34-4)26-15-9-8-13-25(26,19(17)23(29)33-3)14-12-16-10-6-5-7-11-16/h5-15H,1-4H3/b14-12+/t25-/m0/s1. The zero-order valence-corrected chi connectivity index (χ0v) is 19.1. The average Bonchev–Trinajstić information content (AvgIpc) is 2.89. The highest BCUT2D eigenvalue weighted by Crippen LogP contribution is 2.45. The third-order valence-corrected chi connectivity index (χ3v) is 5.35. The van der Waals surface area contributed by atoms with Crippen molar-refractivity contribution in [1.82, 2.24) is 4.90 Å². The summed E-state index contributed by atoms with van der Waals surface area (Å²) < 4.78 is 19.7. The van der Waals surface area contributed by atoms with Gasteiger partial charge < -0.3 is 23.8 Å². The minimum Gasteiger partial charge on any atom is -0.466 e. The Morgan fingerprint density at radius 1 is 0.765 bits per heavy atom. The van der Waals surface area contributed by atoms with Crippen molar-refractivity contribution < 1.29 is 38.1 Å². The van der Waals surface area contributed by atoms with E-state index in [0.717, 1.165) is 34.0 Å². The van der Waals surface area contributed by atoms with Crippen LogP contribution in [0, 0.1) is 0 Å². The number of allylic oxidation sites excluding steroid dienone is 2. The summed E-state index contributed by atoms with van der Waals surface area (Å²) in [7, 11) is 4.45. The minimum absolute atomic E-state index is 0.234. The predicted molar refractivity (Wildman–Crippen MR) is 120 cm³/mol. The van der Waals surface area contributed by atoms with Gasteiger partial charge >= 0.3 is 23.9 Å². The summed E-state index contributed by atoms with van der Waals surface area (Å²) in [5.41, 5.74) is -2.24. The van der Waals surface area contributed by atoms with E-state index in [-0.39, 0.29) is 11.3 Å². The SMILES string of the molecule is COC(=O)C1=C(C(=O)OC)N2C=CC=C[C@]2(/C=C/c2ccccc2)C(C(=O)OC)=C1C(=O)OC. The van der Waals surface area contributed by atoms with E-state index in [9.17, 15) is 19.2 Å². The van der Waals surface area contributed by atoms with E-state index in [1.165, 1.54) is 11.1 Å². The Labute approximate surface area is 196 Å². The van der Waals surface area contributed by atoms with Crippen molar-refractivity contribution in [2.24, 2.45) is 0 Å². The molecule has 0 bridgehead atoms. The molecule has 2 aliphatic heterocycles. The first-order valence-electron chi connectivity index (χ1n) is 10.1. The Morgan fingerprint density at radius 2 is 1.35 bits per heavy atom. The lowest BCUT2D eigenvalue weighted by molar-refractivity contribution is -0.143. The molecule has 0 N–H and O–H groups in total. The molecule has 1 atom stereocenters. The lowest BCUT2D eigenvalue weighted by atomic mass is 9.76. The molecule has 34 heavy (non-hydrogen) atoms. The number of benzene rings is 1. The minimum atomic E-state index is -1.54. The van der Waals surface area contributed by atoms with E-state index in [4.69, 9.17) is 18.9 Å². The van der Waals surface area contributed by atoms with Gasteiger partial charge in [0.25, 0.3) is 0 Å². The summed E-state index contributed by atoms with van der Waals surface area (Å²) >= 11 is 0. The molecule has 0 amide bonds. The summed E-state index contributed by atoms with van der Waals surface area (Å²) in [5.74, 6) is -3.90. The Hall–Kier alpha value is -4.40. The number of methoxy groups -OCH3 is 4. The van der Waals surface area contributed by atoms with E-state index in [1.807, 2.05) is 30.3 Å². The van der Waals surface area contributed by atoms with Gasteiger partial charge in [-0.25, -0.2) is 19.2 Å². The molecule has 0 aliphatic carbocycles. The Kier molecular flexibility index (Phi) is 7.15. The first kappa shape index (κ1) is 24.2. The maximum Gasteiger partial charge on any atom is 0.355 e. The highest BCUT2D eigenvalue weighted by Gasteiger charge is 2.53. The molecule has 3 rings (SSSR count). The van der Waals surface area contributed by atoms with Crippen LogP contribution in [0.5, 0.6) is 0 Å². The number of esters is 4. The second kappa shape index (κ2) is 10.0. The summed E-state index contributed by atoms with van der Waals surface area (Å²) in [6, 6.07) is 9.18. The van der Waals surface area contributed by atoms with Gasteiger partial charge in [-0.3, -0.25) is 0 Å². The number of carbonyl (C=O) groups excluding carboxylic acids is 4. The Balaban J connectivity index is 2.49. The number of fused-ring (bicyclic) bond motifs is 1. The number of rotatable bonds is 6. The number of carbonyl (C=O) groups is 4. The maximum absolute atomic E-state index is 13.2. The van der Waals surface area contributed by atoms with Gasteiger partial charge in [-0.15, -0.1) is 0 Å². The number of ether oxygens (including phenoxy) is 4. The molecule has 0 radical (unpaired) electrons. The van der Waals surface area contributed by atoms with E-state index in [2.05, 4.69) is 0 Å². The molecule has 176 valence electrons. The van der Waals surface area contributed by atoms with Crippen molar-refractivity contribution in [2.75, 3.05) is 28.4 Å². The fourth-order valence-corrected chi connectivity index (χ4v) is 3.85. The van der Waals surface area contributed by atoms with Crippen molar-refractivity contribution in [3.05, 3.63) is 88.8 Å². The van der Waals surface area contributed by atoms with Crippen LogP contribution in [0.15, 0.2) is 83.3 Å². The van der Waals surface area contributed by atoms with Gasteiger partial charge in [-0.05, 0) is 23.8 Å². The molecule has 0 saturated heterocycles. The van der Waals surface area contributed by atoms with Gasteiger partial charge in [0.1, 0.15) is 16.8 Å². The molecule has 9 nitrogen and oxygen atoms in total. The highest BCUT2D eigenvalue weighted by molar-refractivity contribution is 6.17. The van der Waals surface area contributed by atoms with Crippen molar-refractivity contribution >= 4 is 30.0 Å². The van der Waals surface area contributed by atoms with Crippen LogP contribution in [0.1, 0.15) is 5.56 Å². The zero-order valence-electron chi connectivity index (χ0n) is 19.1. The average molecular weight is 465 g/mol. The van der Waals surface area contributed by atoms with Crippen LogP contribution >= 0.6 is 0 Å². The van der Waals surface area contributed by atoms with Crippen molar-refractivity contribution in [2.45, 2.75) is 5.54 Å². The van der Waals surface area contributed by atoms with Gasteiger partial charge in [0.05, 0.1) is 39.6 Å². The van der Waals surface area contributed by atoms with Gasteiger partial charge in [-0.1, -0.05) is 42.5 Å². The van der Waals surface area contributed by atoms with Crippen LogP contribution in [0.2, 0.25) is 0 Å². The van der Waals surface area contributed by atoms with Crippen molar-refractivity contribution in [1.29, 1.82) is 0 Å². The second-order valence-electron chi connectivity index (χ2n) is 7.08. The molecule has 0 unspecified atom stereocenters. The van der Waals surface area contributed by atoms with Crippen LogP contribution in [0.4, 0.5) is 0 Å². The van der Waals surface area contributed by atoms with E-state index in [1.54, 1.807) is 30.4 Å². The molecule has 1 aromatic rings. The van der Waals surface area contributed by atoms with E-state index < -0.39 is 40.6 Å². The summed E-state index contributed by atoms with van der Waals surface area (Å²) in [5, 5.41) is 0. The number of hydrogen-bond donors (Lipinski definition) is 0. The molecular weight excluding hydrogens is 442 g/mol. The Morgan fingerprint density at radius 3 is 1.94 bits per heavy atom. The molecular formula is C25H23NO8. The van der Waals surface area contributed by atoms with Crippen LogP contribution in [-0.4, -0.2) is 62.8 Å². The van der Waals surface area contributed by atoms with Gasteiger partial charge in [-0.2, -0.15) is 0 Å². The largest absolute Gasteiger partial charge is 0.466 e. The quantitative estimate of drug-likeness (QED) is 0.461. The van der Waals surface area contributed by atoms with Crippen molar-refractivity contribution in [3.8, 4) is 0 Å². The second-order valence-corrected chi connectivity index (χ2v) is 7.08. The first-order valence-corrected chi connectivity index (χ1v) is 10.1. The van der Waals surface area contributed by atoms with Crippen LogP contribution in [0.3, 0.4) is 0 Å². The molecule has 0 fully saturated rings.